The van der Waals surface area contributed by atoms with Crippen molar-refractivity contribution in [3.05, 3.63) is 74.7 Å². The van der Waals surface area contributed by atoms with Gasteiger partial charge in [-0.1, -0.05) is 30.7 Å². The number of nitrogens with zero attached hydrogens (tertiary/aromatic N) is 2. The van der Waals surface area contributed by atoms with Crippen LogP contribution in [0.2, 0.25) is 0 Å². The van der Waals surface area contributed by atoms with Crippen molar-refractivity contribution in [3.8, 4) is 5.69 Å². The van der Waals surface area contributed by atoms with Crippen LogP contribution in [0.4, 0.5) is 4.39 Å². The molecule has 0 saturated heterocycles. The molecule has 146 valence electrons. The van der Waals surface area contributed by atoms with Gasteiger partial charge in [0.05, 0.1) is 16.6 Å². The van der Waals surface area contributed by atoms with Crippen LogP contribution in [-0.4, -0.2) is 21.1 Å². The Morgan fingerprint density at radius 2 is 1.89 bits per heavy atom. The highest BCUT2D eigenvalue weighted by molar-refractivity contribution is 5.82. The summed E-state index contributed by atoms with van der Waals surface area (Å²) >= 11 is 0. The number of nitrogens with one attached hydrogen (secondary N) is 1. The van der Waals surface area contributed by atoms with Gasteiger partial charge in [-0.05, 0) is 44.5 Å². The third-order valence-corrected chi connectivity index (χ3v) is 4.71. The van der Waals surface area contributed by atoms with Crippen LogP contribution < -0.4 is 16.6 Å². The highest BCUT2D eigenvalue weighted by Gasteiger charge is 2.19. The third kappa shape index (κ3) is 3.60. The van der Waals surface area contributed by atoms with Gasteiger partial charge in [0.15, 0.2) is 0 Å². The average molecular weight is 383 g/mol. The van der Waals surface area contributed by atoms with Crippen molar-refractivity contribution in [1.82, 2.24) is 14.5 Å². The zero-order valence-corrected chi connectivity index (χ0v) is 16.0. The first-order valence-corrected chi connectivity index (χ1v) is 9.14. The van der Waals surface area contributed by atoms with Crippen molar-refractivity contribution in [1.29, 1.82) is 0 Å². The largest absolute Gasteiger partial charge is 0.352 e. The first-order chi connectivity index (χ1) is 13.3. The van der Waals surface area contributed by atoms with E-state index in [0.29, 0.717) is 5.52 Å². The van der Waals surface area contributed by atoms with Crippen LogP contribution in [0, 0.1) is 12.7 Å². The first kappa shape index (κ1) is 19.5. The molecule has 0 unspecified atom stereocenters. The molecule has 7 heteroatoms. The Kier molecular flexibility index (Phi) is 5.44. The van der Waals surface area contributed by atoms with Gasteiger partial charge in [0.1, 0.15) is 12.4 Å². The van der Waals surface area contributed by atoms with Crippen LogP contribution in [0.25, 0.3) is 16.6 Å². The van der Waals surface area contributed by atoms with Gasteiger partial charge in [0.2, 0.25) is 5.91 Å². The maximum Gasteiger partial charge on any atom is 0.336 e. The number of hydrogen-bond donors (Lipinski definition) is 1. The lowest BCUT2D eigenvalue weighted by Crippen LogP contribution is -2.43. The third-order valence-electron chi connectivity index (χ3n) is 4.71. The molecule has 3 aromatic rings. The minimum atomic E-state index is -0.759. The quantitative estimate of drug-likeness (QED) is 0.736. The molecule has 0 saturated carbocycles. The second kappa shape index (κ2) is 7.80. The van der Waals surface area contributed by atoms with Crippen molar-refractivity contribution in [2.24, 2.45) is 0 Å². The standard InChI is InChI=1S/C21H22FN3O3/c1-4-14(3)23-19(26)12-24-17-10-9-13(2)11-15(17)20(27)25(21(24)28)18-8-6-5-7-16(18)22/h5-11,14H,4,12H2,1-3H3,(H,23,26)/t14-/m1/s1. The van der Waals surface area contributed by atoms with Crippen LogP contribution in [0.1, 0.15) is 25.8 Å². The molecule has 0 aliphatic rings. The summed E-state index contributed by atoms with van der Waals surface area (Å²) < 4.78 is 16.3. The molecule has 1 atom stereocenters. The van der Waals surface area contributed by atoms with E-state index in [0.717, 1.165) is 16.6 Å². The molecule has 1 heterocycles. The number of para-hydroxylation sites is 1. The van der Waals surface area contributed by atoms with E-state index in [1.807, 2.05) is 20.8 Å². The van der Waals surface area contributed by atoms with Crippen molar-refractivity contribution < 1.29 is 9.18 Å². The van der Waals surface area contributed by atoms with E-state index >= 15 is 0 Å². The Labute approximate surface area is 161 Å². The molecule has 28 heavy (non-hydrogen) atoms. The Hall–Kier alpha value is -3.22. The van der Waals surface area contributed by atoms with Crippen molar-refractivity contribution >= 4 is 16.8 Å². The fourth-order valence-electron chi connectivity index (χ4n) is 3.05. The summed E-state index contributed by atoms with van der Waals surface area (Å²) in [5, 5.41) is 3.06. The molecule has 0 spiro atoms. The molecule has 1 amide bonds. The van der Waals surface area contributed by atoms with Crippen molar-refractivity contribution in [2.75, 3.05) is 0 Å². The molecule has 2 aromatic carbocycles. The SMILES string of the molecule is CC[C@@H](C)NC(=O)Cn1c(=O)n(-c2ccccc2F)c(=O)c2cc(C)ccc21. The summed E-state index contributed by atoms with van der Waals surface area (Å²) in [7, 11) is 0. The topological polar surface area (TPSA) is 73.1 Å². The smallest absolute Gasteiger partial charge is 0.336 e. The van der Waals surface area contributed by atoms with Crippen molar-refractivity contribution in [3.63, 3.8) is 0 Å². The van der Waals surface area contributed by atoms with Gasteiger partial charge in [-0.15, -0.1) is 0 Å². The summed E-state index contributed by atoms with van der Waals surface area (Å²) in [6, 6.07) is 10.6. The van der Waals surface area contributed by atoms with Gasteiger partial charge in [-0.25, -0.2) is 13.8 Å². The van der Waals surface area contributed by atoms with E-state index in [1.165, 1.54) is 22.8 Å². The van der Waals surface area contributed by atoms with Crippen molar-refractivity contribution in [2.45, 2.75) is 39.8 Å². The van der Waals surface area contributed by atoms with E-state index in [4.69, 9.17) is 0 Å². The lowest BCUT2D eigenvalue weighted by molar-refractivity contribution is -0.122. The second-order valence-electron chi connectivity index (χ2n) is 6.86. The lowest BCUT2D eigenvalue weighted by atomic mass is 10.1. The summed E-state index contributed by atoms with van der Waals surface area (Å²) in [5.41, 5.74) is -0.360. The Balaban J connectivity index is 2.28. The van der Waals surface area contributed by atoms with Crippen LogP contribution >= 0.6 is 0 Å². The van der Waals surface area contributed by atoms with Gasteiger partial charge in [0.25, 0.3) is 5.56 Å². The summed E-state index contributed by atoms with van der Waals surface area (Å²) in [6.07, 6.45) is 0.745. The highest BCUT2D eigenvalue weighted by atomic mass is 19.1. The van der Waals surface area contributed by atoms with Gasteiger partial charge < -0.3 is 5.32 Å². The molecule has 3 rings (SSSR count). The number of aromatic nitrogens is 2. The normalized spacial score (nSPS) is 12.1. The summed E-state index contributed by atoms with van der Waals surface area (Å²) in [5.74, 6) is -1.04. The number of carbonyl (C=O) groups is 1. The van der Waals surface area contributed by atoms with E-state index in [-0.39, 0.29) is 29.6 Å². The Bertz CT molecular complexity index is 1160. The summed E-state index contributed by atoms with van der Waals surface area (Å²) in [4.78, 5) is 38.5. The fourth-order valence-corrected chi connectivity index (χ4v) is 3.05. The van der Waals surface area contributed by atoms with Gasteiger partial charge in [-0.2, -0.15) is 0 Å². The van der Waals surface area contributed by atoms with Crippen LogP contribution in [0.5, 0.6) is 0 Å². The van der Waals surface area contributed by atoms with E-state index in [1.54, 1.807) is 24.3 Å². The van der Waals surface area contributed by atoms with E-state index < -0.39 is 17.1 Å². The molecule has 0 radical (unpaired) electrons. The molecule has 1 N–H and O–H groups in total. The van der Waals surface area contributed by atoms with Gasteiger partial charge in [0, 0.05) is 6.04 Å². The number of aryl methyl sites for hydroxylation is 1. The Morgan fingerprint density at radius 1 is 1.18 bits per heavy atom. The molecule has 0 aliphatic carbocycles. The number of fused-ring (bicyclic) bond motifs is 1. The zero-order valence-electron chi connectivity index (χ0n) is 16.0. The minimum absolute atomic E-state index is 0.0471. The van der Waals surface area contributed by atoms with E-state index in [9.17, 15) is 18.8 Å². The highest BCUT2D eigenvalue weighted by Crippen LogP contribution is 2.14. The number of benzene rings is 2. The number of amides is 1. The molecule has 1 aromatic heterocycles. The zero-order chi connectivity index (χ0) is 20.4. The van der Waals surface area contributed by atoms with E-state index in [2.05, 4.69) is 5.32 Å². The predicted octanol–water partition coefficient (Wildman–Crippen LogP) is 2.51. The van der Waals surface area contributed by atoms with Gasteiger partial charge in [-0.3, -0.25) is 14.2 Å². The van der Waals surface area contributed by atoms with Crippen LogP contribution in [0.3, 0.4) is 0 Å². The molecule has 0 fully saturated rings. The number of halogens is 1. The lowest BCUT2D eigenvalue weighted by Gasteiger charge is -2.16. The number of hydrogen-bond acceptors (Lipinski definition) is 3. The maximum atomic E-state index is 14.3. The first-order valence-electron chi connectivity index (χ1n) is 9.14. The minimum Gasteiger partial charge on any atom is -0.352 e. The number of rotatable bonds is 5. The Morgan fingerprint density at radius 3 is 2.57 bits per heavy atom. The number of carbonyl (C=O) groups excluding carboxylic acids is 1. The molecular weight excluding hydrogens is 361 g/mol. The average Bonchev–Trinajstić information content (AvgIpc) is 2.66. The summed E-state index contributed by atoms with van der Waals surface area (Å²) in [6.45, 7) is 5.35. The monoisotopic (exact) mass is 383 g/mol. The molecule has 0 bridgehead atoms. The van der Waals surface area contributed by atoms with Gasteiger partial charge >= 0.3 is 5.69 Å². The van der Waals surface area contributed by atoms with Crippen LogP contribution in [-0.2, 0) is 11.3 Å². The van der Waals surface area contributed by atoms with Crippen LogP contribution in [0.15, 0.2) is 52.1 Å². The second-order valence-corrected chi connectivity index (χ2v) is 6.86. The molecule has 0 aliphatic heterocycles. The molecule has 6 nitrogen and oxygen atoms in total. The predicted molar refractivity (Wildman–Crippen MR) is 106 cm³/mol. The molecular formula is C21H22FN3O3. The maximum absolute atomic E-state index is 14.3. The fraction of sp³-hybridized carbons (Fsp3) is 0.286.